The molecule has 0 aliphatic carbocycles. The number of ether oxygens (including phenoxy) is 2. The number of aliphatic hydroxyl groups excluding tert-OH is 1. The normalized spacial score (nSPS) is 13.1. The highest BCUT2D eigenvalue weighted by Crippen LogP contribution is 2.43. The summed E-state index contributed by atoms with van der Waals surface area (Å²) in [5.74, 6) is 2.35. The third-order valence-corrected chi connectivity index (χ3v) is 26.4. The van der Waals surface area contributed by atoms with E-state index in [2.05, 4.69) is 124 Å². The van der Waals surface area contributed by atoms with Gasteiger partial charge in [0.25, 0.3) is 0 Å². The zero-order valence-electron chi connectivity index (χ0n) is 76.1. The van der Waals surface area contributed by atoms with Crippen molar-refractivity contribution < 1.29 is 46.1 Å². The van der Waals surface area contributed by atoms with Crippen molar-refractivity contribution in [3.05, 3.63) is 320 Å². The number of methoxy groups -OCH3 is 1. The van der Waals surface area contributed by atoms with Gasteiger partial charge < -0.3 is 54.9 Å². The van der Waals surface area contributed by atoms with Crippen LogP contribution in [0.25, 0.3) is 64.3 Å². The highest BCUT2D eigenvalue weighted by molar-refractivity contribution is 7.89. The maximum absolute atomic E-state index is 13.6. The number of likely N-dealkylation sites (N-methyl/N-ethyl adjacent to an activating group) is 1. The van der Waals surface area contributed by atoms with E-state index in [4.69, 9.17) is 44.4 Å². The van der Waals surface area contributed by atoms with Crippen molar-refractivity contribution in [1.82, 2.24) is 68.9 Å². The van der Waals surface area contributed by atoms with Crippen LogP contribution in [0.2, 0.25) is 10.0 Å². The summed E-state index contributed by atoms with van der Waals surface area (Å²) < 4.78 is 80.2. The van der Waals surface area contributed by atoms with Gasteiger partial charge in [-0.1, -0.05) is 71.7 Å². The minimum atomic E-state index is -4.56. The number of Topliss-reactive ketones (excluding diaryl/α,β-unsaturated/α-hetero) is 1. The van der Waals surface area contributed by atoms with Crippen molar-refractivity contribution in [2.75, 3.05) is 101 Å². The van der Waals surface area contributed by atoms with Gasteiger partial charge in [-0.15, -0.1) is 11.3 Å². The number of sulfonamides is 1. The van der Waals surface area contributed by atoms with E-state index in [0.29, 0.717) is 79.1 Å². The van der Waals surface area contributed by atoms with Crippen LogP contribution in [0.5, 0.6) is 11.5 Å². The molecule has 18 rings (SSSR count). The number of phenols is 1. The average Bonchev–Trinajstić information content (AvgIpc) is 1.21. The summed E-state index contributed by atoms with van der Waals surface area (Å²) in [6.45, 7) is 25.0. The minimum Gasteiger partial charge on any atom is -0.508 e. The fourth-order valence-electron chi connectivity index (χ4n) is 15.9. The van der Waals surface area contributed by atoms with E-state index < -0.39 is 21.8 Å². The number of piperazine rings is 1. The molecule has 16 aromatic rings. The number of hydrogen-bond acceptors (Lipinski definition) is 24. The molecule has 136 heavy (non-hydrogen) atoms. The third kappa shape index (κ3) is 24.5. The van der Waals surface area contributed by atoms with E-state index in [-0.39, 0.29) is 40.7 Å². The zero-order chi connectivity index (χ0) is 95.9. The number of hydrogen-bond donors (Lipinski definition) is 6. The number of benzene rings is 8. The van der Waals surface area contributed by atoms with Crippen LogP contribution in [-0.4, -0.2) is 174 Å². The second-order valence-electron chi connectivity index (χ2n) is 33.3. The summed E-state index contributed by atoms with van der Waals surface area (Å²) in [6, 6.07) is 54.6. The molecule has 34 heteroatoms. The molecule has 0 radical (unpaired) electrons. The highest BCUT2D eigenvalue weighted by atomic mass is 35.5. The number of fused-ring (bicyclic) bond motifs is 3. The van der Waals surface area contributed by atoms with Crippen molar-refractivity contribution >= 4 is 134 Å². The lowest BCUT2D eigenvalue weighted by Gasteiger charge is -2.32. The molecule has 2 fully saturated rings. The van der Waals surface area contributed by atoms with Crippen LogP contribution in [0.15, 0.2) is 237 Å². The molecule has 8 aromatic heterocycles. The predicted molar refractivity (Wildman–Crippen MR) is 532 cm³/mol. The van der Waals surface area contributed by atoms with Gasteiger partial charge in [-0.05, 0) is 232 Å². The number of anilines is 8. The lowest BCUT2D eigenvalue weighted by atomic mass is 9.99. The maximum atomic E-state index is 13.6. The summed E-state index contributed by atoms with van der Waals surface area (Å²) >= 11 is 14.3. The number of aromatic nitrogens is 11. The Bertz CT molecular complexity index is 7170. The molecule has 0 spiro atoms. The van der Waals surface area contributed by atoms with Crippen molar-refractivity contribution in [1.29, 1.82) is 0 Å². The van der Waals surface area contributed by atoms with Gasteiger partial charge in [0.15, 0.2) is 5.78 Å². The number of carbonyl (C=O) groups is 1. The van der Waals surface area contributed by atoms with Gasteiger partial charge in [0, 0.05) is 182 Å². The fourth-order valence-corrected chi connectivity index (χ4v) is 18.3. The van der Waals surface area contributed by atoms with Gasteiger partial charge in [0.2, 0.25) is 21.7 Å². The number of carbonyl (C=O) groups excluding carboxylic acids is 1. The molecule has 0 unspecified atom stereocenters. The molecule has 8 aromatic carbocycles. The molecule has 2 aliphatic heterocycles. The van der Waals surface area contributed by atoms with Crippen LogP contribution in [0.3, 0.4) is 0 Å². The summed E-state index contributed by atoms with van der Waals surface area (Å²) in [6.07, 6.45) is 11.9. The number of ketones is 1. The largest absolute Gasteiger partial charge is 0.508 e. The Hall–Kier alpha value is -13.7. The lowest BCUT2D eigenvalue weighted by molar-refractivity contribution is -0.137. The van der Waals surface area contributed by atoms with Gasteiger partial charge in [0.1, 0.15) is 23.1 Å². The summed E-state index contributed by atoms with van der Waals surface area (Å²) in [4.78, 5) is 62.7. The second-order valence-corrected chi connectivity index (χ2v) is 36.7. The minimum absolute atomic E-state index is 0.122. The molecule has 0 bridgehead atoms. The van der Waals surface area contributed by atoms with Crippen molar-refractivity contribution in [2.45, 2.75) is 84.0 Å². The number of nitrogens with one attached hydrogen (secondary N) is 3. The zero-order valence-corrected chi connectivity index (χ0v) is 79.3. The molecule has 0 amide bonds. The quantitative estimate of drug-likeness (QED) is 0.0167. The second kappa shape index (κ2) is 43.8. The monoisotopic (exact) mass is 1910 g/mol. The Morgan fingerprint density at radius 2 is 1.47 bits per heavy atom. The van der Waals surface area contributed by atoms with Crippen molar-refractivity contribution in [2.24, 2.45) is 12.2 Å². The Kier molecular flexibility index (Phi) is 31.2. The number of aromatic hydroxyl groups is 1. The number of nitrogens with zero attached hydrogens (tertiary/aromatic N) is 16. The Balaban J connectivity index is 0.000000139. The van der Waals surface area contributed by atoms with Crippen LogP contribution in [0, 0.1) is 34.3 Å². The molecule has 7 N–H and O–H groups in total. The van der Waals surface area contributed by atoms with E-state index in [9.17, 15) is 36.6 Å². The number of rotatable bonds is 26. The number of pyridine rings is 3. The predicted octanol–water partition coefficient (Wildman–Crippen LogP) is 20.7. The van der Waals surface area contributed by atoms with Crippen LogP contribution in [0.4, 0.5) is 64.7 Å². The number of thiophene rings is 1. The average molecular weight is 1910 g/mol. The van der Waals surface area contributed by atoms with Gasteiger partial charge in [-0.3, -0.25) is 29.3 Å². The molecule has 0 saturated carbocycles. The van der Waals surface area contributed by atoms with Gasteiger partial charge in [0.05, 0.1) is 105 Å². The van der Waals surface area contributed by atoms with Crippen molar-refractivity contribution in [3.8, 4) is 38.9 Å². The number of nitrogens with two attached hydrogens (primary N) is 1. The summed E-state index contributed by atoms with van der Waals surface area (Å²) in [5.41, 5.74) is 17.3. The number of unbranched alkanes of at least 4 members (excludes halogenated alkanes) is 1. The first kappa shape index (κ1) is 96.9. The first-order valence-electron chi connectivity index (χ1n) is 43.9. The van der Waals surface area contributed by atoms with Crippen molar-refractivity contribution in [3.63, 3.8) is 0 Å². The standard InChI is InChI=1S/C29H23F3N6O.C27H31Cl2N5O2.C24H23N3O2S.C22H24N6O2S/c1-18-5-6-21(13-26(18)37-28-34-9-7-25(36-28)22-4-3-8-33-15-22)27(39)12-20-10-23(29(30,31)32)14-24(11-20)38-16-19(2)35-17-38;1-30-25-16-31-23-12-18(6-4-5-7-34-10-8-33(2)9-11-34)26(36-3)14-20(23)27(25)32-24-13-19(17-35)21(28)15-22(24)29;28-20-6-2-5-19(14-20)26-21-7-8-25-22-15-23(30-24(21)22)18-4-1-3-17(13-18)16-27-9-11-29-12-10-27;1-14-5-6-16(11-20(14)31(23,29)30)12-21-24-10-9-22(25-21)27(3)17-7-8-18-15(2)28(4)26-19(18)13-17/h3-11,13-17H,12H2,1-2H3,(H,34,36,37);12-16,35H,4-11,17H2,2-3H3,(H,31,32);1-8,13-15,28H,9-12,16H2,(H,25,26);5-11,13H,12H2,1-4H3,(H2,23,29,30). The molecule has 27 nitrogen and oxygen atoms in total. The number of morpholine rings is 1. The molecular formula is C102H101Cl2F3N20O7S2. The molecule has 10 heterocycles. The number of imidazole rings is 1. The van der Waals surface area contributed by atoms with Crippen LogP contribution >= 0.6 is 34.5 Å². The van der Waals surface area contributed by atoms with Gasteiger partial charge in [-0.2, -0.15) is 18.3 Å². The maximum Gasteiger partial charge on any atom is 0.416 e. The van der Waals surface area contributed by atoms with E-state index >= 15 is 0 Å². The number of halogens is 5. The lowest BCUT2D eigenvalue weighted by Crippen LogP contribution is -2.44. The van der Waals surface area contributed by atoms with Gasteiger partial charge >= 0.3 is 6.18 Å². The van der Waals surface area contributed by atoms with Crippen LogP contribution < -0.4 is 30.7 Å². The summed E-state index contributed by atoms with van der Waals surface area (Å²) in [5, 5.41) is 41.7. The molecule has 0 atom stereocenters. The van der Waals surface area contributed by atoms with E-state index in [1.165, 1.54) is 26.9 Å². The Labute approximate surface area is 800 Å². The van der Waals surface area contributed by atoms with E-state index in [1.54, 1.807) is 136 Å². The Morgan fingerprint density at radius 1 is 0.684 bits per heavy atom. The SMILES string of the molecule is Cc1ccc(Cc2nccc(N(C)c3ccc4c(C)n(C)nc4c3)n2)cc1S(N)(=O)=O.Cc1cn(-c2cc(CC(=O)c3ccc(C)c(Nc4nccc(-c5cccnc5)n4)c3)cc(C(F)(F)F)c2)cn1.Oc1cccc(Nc2ccnc3cc(-c4cccc(CN5CCOCC5)c4)sc23)c1.[C-]#[N+]c1cnc2cc(CCCCN3CCN(C)CC3)c(OC)cc2c1Nc1cc(CO)c(Cl)cc1Cl. The van der Waals surface area contributed by atoms with E-state index in [1.807, 2.05) is 110 Å². The molecule has 2 aliphatic rings. The van der Waals surface area contributed by atoms with E-state index in [0.717, 1.165) is 186 Å². The first-order valence-corrected chi connectivity index (χ1v) is 47.0. The number of primary sulfonamides is 1. The number of alkyl halides is 3. The molecule has 2 saturated heterocycles. The third-order valence-electron chi connectivity index (χ3n) is 23.5. The van der Waals surface area contributed by atoms with Crippen LogP contribution in [-0.2, 0) is 60.4 Å². The number of phenolic OH excluding ortho intramolecular Hbond substituents is 1. The fraction of sp³-hybridized carbons (Fsp3) is 0.245. The molecule has 698 valence electrons. The number of aryl methyl sites for hydroxylation is 6. The topological polar surface area (TPSA) is 315 Å². The first-order chi connectivity index (χ1) is 65.5. The van der Waals surface area contributed by atoms with Crippen LogP contribution in [0.1, 0.15) is 84.9 Å². The molecular weight excluding hydrogens is 1810 g/mol. The highest BCUT2D eigenvalue weighted by Gasteiger charge is 2.32. The number of aliphatic hydroxyl groups is 1. The summed E-state index contributed by atoms with van der Waals surface area (Å²) in [7, 11) is 3.93. The van der Waals surface area contributed by atoms with Gasteiger partial charge in [-0.25, -0.2) is 43.3 Å². The smallest absolute Gasteiger partial charge is 0.416 e. The Morgan fingerprint density at radius 3 is 2.22 bits per heavy atom.